The lowest BCUT2D eigenvalue weighted by Gasteiger charge is -2.04. The van der Waals surface area contributed by atoms with Crippen LogP contribution >= 0.6 is 27.3 Å². The molecule has 0 aliphatic rings. The van der Waals surface area contributed by atoms with Crippen molar-refractivity contribution in [2.45, 2.75) is 0 Å². The average Bonchev–Trinajstić information content (AvgIpc) is 3.25. The number of carbonyl (C=O) groups is 1. The van der Waals surface area contributed by atoms with Crippen LogP contribution in [0.25, 0.3) is 20.5 Å². The largest absolute Gasteiger partial charge is 0.476 e. The predicted molar refractivity (Wildman–Crippen MR) is 99.5 cm³/mol. The van der Waals surface area contributed by atoms with Crippen LogP contribution in [0.1, 0.15) is 10.5 Å². The Labute approximate surface area is 154 Å². The Morgan fingerprint density at radius 2 is 2.00 bits per heavy atom. The molecular weight excluding hydrogens is 406 g/mol. The Kier molecular flexibility index (Phi) is 3.98. The Bertz CT molecular complexity index is 1060. The van der Waals surface area contributed by atoms with Gasteiger partial charge in [0.15, 0.2) is 11.5 Å². The molecule has 4 aromatic rings. The minimum absolute atomic E-state index is 0.0545. The number of anilines is 2. The average molecular weight is 416 g/mol. The SMILES string of the molecule is O=C(O)c1nnc(Nc2ccoc2)c2cc(-c3ccc(Br)cc3)sc12. The van der Waals surface area contributed by atoms with Crippen LogP contribution in [0.2, 0.25) is 0 Å². The fourth-order valence-corrected chi connectivity index (χ4v) is 3.81. The summed E-state index contributed by atoms with van der Waals surface area (Å²) in [6.07, 6.45) is 3.08. The lowest BCUT2D eigenvalue weighted by molar-refractivity contribution is 0.0692. The van der Waals surface area contributed by atoms with Crippen molar-refractivity contribution in [2.24, 2.45) is 0 Å². The molecule has 0 radical (unpaired) electrons. The number of aromatic carboxylic acids is 1. The number of hydrogen-bond donors (Lipinski definition) is 2. The summed E-state index contributed by atoms with van der Waals surface area (Å²) in [6, 6.07) is 11.5. The molecule has 0 amide bonds. The van der Waals surface area contributed by atoms with Gasteiger partial charge in [-0.15, -0.1) is 21.5 Å². The summed E-state index contributed by atoms with van der Waals surface area (Å²) < 4.78 is 6.60. The van der Waals surface area contributed by atoms with E-state index in [9.17, 15) is 9.90 Å². The van der Waals surface area contributed by atoms with Gasteiger partial charge in [-0.05, 0) is 29.8 Å². The molecule has 0 bridgehead atoms. The van der Waals surface area contributed by atoms with Gasteiger partial charge in [0.2, 0.25) is 0 Å². The number of carboxylic acid groups (broad SMARTS) is 1. The number of rotatable bonds is 4. The summed E-state index contributed by atoms with van der Waals surface area (Å²) in [4.78, 5) is 12.4. The first-order chi connectivity index (χ1) is 12.1. The first-order valence-corrected chi connectivity index (χ1v) is 8.81. The van der Waals surface area contributed by atoms with Crippen molar-refractivity contribution in [2.75, 3.05) is 5.32 Å². The minimum atomic E-state index is -1.10. The van der Waals surface area contributed by atoms with E-state index < -0.39 is 5.97 Å². The molecule has 8 heteroatoms. The van der Waals surface area contributed by atoms with Gasteiger partial charge in [-0.2, -0.15) is 0 Å². The highest BCUT2D eigenvalue weighted by Crippen LogP contribution is 2.38. The number of hydrogen-bond acceptors (Lipinski definition) is 6. The Morgan fingerprint density at radius 3 is 2.68 bits per heavy atom. The van der Waals surface area contributed by atoms with E-state index in [1.54, 1.807) is 18.6 Å². The van der Waals surface area contributed by atoms with E-state index >= 15 is 0 Å². The van der Waals surface area contributed by atoms with Crippen molar-refractivity contribution >= 4 is 54.8 Å². The molecule has 3 heterocycles. The summed E-state index contributed by atoms with van der Waals surface area (Å²) in [6.45, 7) is 0. The maximum absolute atomic E-state index is 11.5. The second kappa shape index (κ2) is 6.30. The normalized spacial score (nSPS) is 10.9. The number of carboxylic acids is 1. The molecule has 1 aromatic carbocycles. The first kappa shape index (κ1) is 15.8. The highest BCUT2D eigenvalue weighted by molar-refractivity contribution is 9.10. The van der Waals surface area contributed by atoms with Gasteiger partial charge < -0.3 is 14.8 Å². The zero-order chi connectivity index (χ0) is 17.4. The number of benzene rings is 1. The summed E-state index contributed by atoms with van der Waals surface area (Å²) in [5, 5.41) is 21.1. The van der Waals surface area contributed by atoms with E-state index in [0.29, 0.717) is 15.9 Å². The summed E-state index contributed by atoms with van der Waals surface area (Å²) in [5.41, 5.74) is 1.66. The predicted octanol–water partition coefficient (Wildman–Crippen LogP) is 5.16. The van der Waals surface area contributed by atoms with Crippen molar-refractivity contribution in [3.05, 3.63) is 59.1 Å². The number of nitrogens with zero attached hydrogens (tertiary/aromatic N) is 2. The van der Waals surface area contributed by atoms with E-state index in [2.05, 4.69) is 31.4 Å². The second-order valence-electron chi connectivity index (χ2n) is 5.20. The van der Waals surface area contributed by atoms with Crippen LogP contribution in [0.15, 0.2) is 57.8 Å². The standard InChI is InChI=1S/C17H10BrN3O3S/c18-10-3-1-9(2-4-10)13-7-12-15(25-13)14(17(22)23)20-21-16(12)19-11-5-6-24-8-11/h1-8H,(H,19,21)(H,22,23). The summed E-state index contributed by atoms with van der Waals surface area (Å²) in [5.74, 6) is -0.613. The van der Waals surface area contributed by atoms with Gasteiger partial charge in [0.1, 0.15) is 6.26 Å². The highest BCUT2D eigenvalue weighted by Gasteiger charge is 2.19. The van der Waals surface area contributed by atoms with Gasteiger partial charge in [0.25, 0.3) is 0 Å². The summed E-state index contributed by atoms with van der Waals surface area (Å²) in [7, 11) is 0. The lowest BCUT2D eigenvalue weighted by Crippen LogP contribution is -2.04. The van der Waals surface area contributed by atoms with E-state index in [1.807, 2.05) is 30.3 Å². The van der Waals surface area contributed by atoms with Crippen LogP contribution in [0, 0.1) is 0 Å². The van der Waals surface area contributed by atoms with Crippen molar-refractivity contribution in [1.82, 2.24) is 10.2 Å². The van der Waals surface area contributed by atoms with E-state index in [0.717, 1.165) is 20.6 Å². The molecule has 0 saturated heterocycles. The number of furan rings is 1. The molecule has 3 aromatic heterocycles. The van der Waals surface area contributed by atoms with Gasteiger partial charge in [0.05, 0.1) is 16.7 Å². The Morgan fingerprint density at radius 1 is 1.20 bits per heavy atom. The molecule has 0 atom stereocenters. The molecule has 6 nitrogen and oxygen atoms in total. The Balaban J connectivity index is 1.88. The molecule has 2 N–H and O–H groups in total. The zero-order valence-corrected chi connectivity index (χ0v) is 15.0. The monoisotopic (exact) mass is 415 g/mol. The molecule has 25 heavy (non-hydrogen) atoms. The van der Waals surface area contributed by atoms with Crippen LogP contribution in [0.5, 0.6) is 0 Å². The van der Waals surface area contributed by atoms with Gasteiger partial charge in [-0.25, -0.2) is 4.79 Å². The van der Waals surface area contributed by atoms with Crippen LogP contribution < -0.4 is 5.32 Å². The van der Waals surface area contributed by atoms with Crippen molar-refractivity contribution in [3.63, 3.8) is 0 Å². The molecule has 0 fully saturated rings. The maximum Gasteiger partial charge on any atom is 0.357 e. The molecular formula is C17H10BrN3O3S. The third-order valence-electron chi connectivity index (χ3n) is 3.57. The maximum atomic E-state index is 11.5. The van der Waals surface area contributed by atoms with E-state index in [4.69, 9.17) is 4.42 Å². The minimum Gasteiger partial charge on any atom is -0.476 e. The number of nitrogens with one attached hydrogen (secondary N) is 1. The van der Waals surface area contributed by atoms with Crippen LogP contribution in [-0.4, -0.2) is 21.3 Å². The summed E-state index contributed by atoms with van der Waals surface area (Å²) >= 11 is 4.79. The zero-order valence-electron chi connectivity index (χ0n) is 12.6. The van der Waals surface area contributed by atoms with Gasteiger partial charge in [-0.1, -0.05) is 28.1 Å². The molecule has 0 unspecified atom stereocenters. The first-order valence-electron chi connectivity index (χ1n) is 7.20. The van der Waals surface area contributed by atoms with Crippen molar-refractivity contribution in [3.8, 4) is 10.4 Å². The highest BCUT2D eigenvalue weighted by atomic mass is 79.9. The fraction of sp³-hybridized carbons (Fsp3) is 0. The van der Waals surface area contributed by atoms with Gasteiger partial charge >= 0.3 is 5.97 Å². The molecule has 0 aliphatic carbocycles. The molecule has 0 saturated carbocycles. The Hall–Kier alpha value is -2.71. The van der Waals surface area contributed by atoms with Crippen LogP contribution in [0.4, 0.5) is 11.5 Å². The molecule has 0 aliphatic heterocycles. The molecule has 4 rings (SSSR count). The smallest absolute Gasteiger partial charge is 0.357 e. The molecule has 0 spiro atoms. The topological polar surface area (TPSA) is 88.2 Å². The third-order valence-corrected chi connectivity index (χ3v) is 5.29. The number of fused-ring (bicyclic) bond motifs is 1. The molecule has 124 valence electrons. The number of thiophene rings is 1. The van der Waals surface area contributed by atoms with Gasteiger partial charge in [-0.3, -0.25) is 0 Å². The van der Waals surface area contributed by atoms with E-state index in [-0.39, 0.29) is 5.69 Å². The number of halogens is 1. The number of aromatic nitrogens is 2. The van der Waals surface area contributed by atoms with Crippen LogP contribution in [0.3, 0.4) is 0 Å². The third kappa shape index (κ3) is 3.01. The van der Waals surface area contributed by atoms with Gasteiger partial charge in [0, 0.05) is 14.7 Å². The second-order valence-corrected chi connectivity index (χ2v) is 7.17. The quantitative estimate of drug-likeness (QED) is 0.478. The lowest BCUT2D eigenvalue weighted by atomic mass is 10.1. The fourth-order valence-electron chi connectivity index (χ4n) is 2.40. The van der Waals surface area contributed by atoms with Crippen LogP contribution in [-0.2, 0) is 0 Å². The van der Waals surface area contributed by atoms with Crippen molar-refractivity contribution < 1.29 is 14.3 Å². The van der Waals surface area contributed by atoms with Crippen molar-refractivity contribution in [1.29, 1.82) is 0 Å². The van der Waals surface area contributed by atoms with E-state index in [1.165, 1.54) is 11.3 Å².